The van der Waals surface area contributed by atoms with Gasteiger partial charge >= 0.3 is 12.1 Å². The number of methoxy groups -OCH3 is 1. The number of fused-ring (bicyclic) bond motifs is 2. The number of unbranched alkanes of at least 4 members (excludes halogenated alkanes) is 1. The predicted molar refractivity (Wildman–Crippen MR) is 213 cm³/mol. The van der Waals surface area contributed by atoms with Crippen molar-refractivity contribution < 1.29 is 52.4 Å². The Morgan fingerprint density at radius 3 is 2.38 bits per heavy atom. The first-order valence-electron chi connectivity index (χ1n) is 21.0. The maximum atomic E-state index is 16.9. The second kappa shape index (κ2) is 18.4. The first-order chi connectivity index (χ1) is 27.3. The number of cyclic esters (lactones) is 1. The van der Waals surface area contributed by atoms with Crippen LogP contribution in [-0.4, -0.2) is 123 Å². The number of para-hydroxylation sites is 2. The number of aliphatic hydroxyl groups is 1. The van der Waals surface area contributed by atoms with E-state index >= 15 is 4.39 Å². The summed E-state index contributed by atoms with van der Waals surface area (Å²) in [5, 5.41) is 14.8. The highest BCUT2D eigenvalue weighted by Gasteiger charge is 2.61. The SMILES string of the molecule is CCCN[C@H]1C[C@@H](C)O[C@@H](O[C@@H]2[C@@H](C)C(=O)[C@](C)(F)C(=O)O[C@H](CC)[C@@]3(C)OC(=O)N(CCCCn4cnc5ccccc54)C3[C@@H](C)C(=O)[C@H](C)C[C@@]2(C)OC)[C@H]1O. The minimum atomic E-state index is -3.17. The summed E-state index contributed by atoms with van der Waals surface area (Å²) in [4.78, 5) is 62.7. The van der Waals surface area contributed by atoms with Gasteiger partial charge < -0.3 is 43.6 Å². The number of halogens is 1. The summed E-state index contributed by atoms with van der Waals surface area (Å²) in [7, 11) is 1.41. The molecule has 1 unspecified atom stereocenters. The average Bonchev–Trinajstić information content (AvgIpc) is 3.72. The van der Waals surface area contributed by atoms with Crippen LogP contribution in [0.2, 0.25) is 0 Å². The molecule has 0 bridgehead atoms. The Morgan fingerprint density at radius 1 is 1.02 bits per heavy atom. The zero-order chi connectivity index (χ0) is 42.7. The summed E-state index contributed by atoms with van der Waals surface area (Å²) in [6.07, 6.45) is -1.48. The van der Waals surface area contributed by atoms with Crippen molar-refractivity contribution in [1.29, 1.82) is 0 Å². The van der Waals surface area contributed by atoms with E-state index in [1.807, 2.05) is 42.7 Å². The smallest absolute Gasteiger partial charge is 0.410 e. The Hall–Kier alpha value is -3.50. The highest BCUT2D eigenvalue weighted by molar-refractivity contribution is 6.08. The van der Waals surface area contributed by atoms with Crippen LogP contribution in [0.4, 0.5) is 9.18 Å². The molecule has 1 aromatic carbocycles. The van der Waals surface area contributed by atoms with Crippen LogP contribution in [0.3, 0.4) is 0 Å². The molecule has 0 spiro atoms. The van der Waals surface area contributed by atoms with E-state index in [0.29, 0.717) is 32.4 Å². The number of hydrogen-bond acceptors (Lipinski definition) is 12. The van der Waals surface area contributed by atoms with Crippen molar-refractivity contribution >= 4 is 34.7 Å². The summed E-state index contributed by atoms with van der Waals surface area (Å²) in [6.45, 7) is 16.1. The van der Waals surface area contributed by atoms with Crippen molar-refractivity contribution in [2.45, 2.75) is 167 Å². The molecule has 324 valence electrons. The Bertz CT molecular complexity index is 1770. The molecule has 3 fully saturated rings. The van der Waals surface area contributed by atoms with Crippen LogP contribution in [0.5, 0.6) is 0 Å². The van der Waals surface area contributed by atoms with Gasteiger partial charge in [-0.3, -0.25) is 9.59 Å². The van der Waals surface area contributed by atoms with Crippen LogP contribution in [0.25, 0.3) is 11.0 Å². The number of benzene rings is 1. The predicted octanol–water partition coefficient (Wildman–Crippen LogP) is 5.55. The molecule has 13 atom stereocenters. The van der Waals surface area contributed by atoms with Gasteiger partial charge in [0.25, 0.3) is 5.67 Å². The maximum absolute atomic E-state index is 16.9. The van der Waals surface area contributed by atoms with E-state index in [9.17, 15) is 24.3 Å². The number of nitrogens with zero attached hydrogens (tertiary/aromatic N) is 3. The van der Waals surface area contributed by atoms with Gasteiger partial charge in [-0.15, -0.1) is 0 Å². The van der Waals surface area contributed by atoms with Crippen molar-refractivity contribution in [2.24, 2.45) is 17.8 Å². The molecule has 3 aliphatic heterocycles. The minimum Gasteiger partial charge on any atom is -0.455 e. The number of ether oxygens (including phenoxy) is 5. The molecule has 2 aromatic rings. The average molecular weight is 817 g/mol. The van der Waals surface area contributed by atoms with Crippen LogP contribution in [0, 0.1) is 17.8 Å². The summed E-state index contributed by atoms with van der Waals surface area (Å²) in [5.74, 6) is -5.74. The van der Waals surface area contributed by atoms with Crippen molar-refractivity contribution in [3.8, 4) is 0 Å². The summed E-state index contributed by atoms with van der Waals surface area (Å²) >= 11 is 0. The second-order valence-corrected chi connectivity index (χ2v) is 17.3. The fourth-order valence-corrected chi connectivity index (χ4v) is 9.51. The van der Waals surface area contributed by atoms with E-state index in [1.165, 1.54) is 18.9 Å². The zero-order valence-corrected chi connectivity index (χ0v) is 35.9. The van der Waals surface area contributed by atoms with Gasteiger partial charge in [-0.05, 0) is 84.9 Å². The monoisotopic (exact) mass is 816 g/mol. The summed E-state index contributed by atoms with van der Waals surface area (Å²) in [5.41, 5.74) is -4.31. The lowest BCUT2D eigenvalue weighted by molar-refractivity contribution is -0.290. The molecule has 14 nitrogen and oxygen atoms in total. The topological polar surface area (TPSA) is 168 Å². The molecule has 0 radical (unpaired) electrons. The van der Waals surface area contributed by atoms with Crippen molar-refractivity contribution in [2.75, 3.05) is 20.2 Å². The van der Waals surface area contributed by atoms with Gasteiger partial charge in [0.05, 0.1) is 41.2 Å². The van der Waals surface area contributed by atoms with Crippen LogP contribution >= 0.6 is 0 Å². The molecular formula is C43H65FN4O10. The number of aromatic nitrogens is 2. The number of carbonyl (C=O) groups is 4. The Balaban J connectivity index is 1.48. The largest absolute Gasteiger partial charge is 0.455 e. The number of Topliss-reactive ketones (excluding diaryl/α,β-unsaturated/α-hetero) is 2. The number of esters is 1. The number of ketones is 2. The molecule has 1 amide bonds. The molecule has 2 N–H and O–H groups in total. The highest BCUT2D eigenvalue weighted by atomic mass is 19.1. The van der Waals surface area contributed by atoms with Crippen molar-refractivity contribution in [3.63, 3.8) is 0 Å². The third-order valence-electron chi connectivity index (χ3n) is 12.8. The Kier molecular flexibility index (Phi) is 14.5. The van der Waals surface area contributed by atoms with E-state index in [2.05, 4.69) is 10.3 Å². The fourth-order valence-electron chi connectivity index (χ4n) is 9.51. The number of rotatable bonds is 12. The second-order valence-electron chi connectivity index (χ2n) is 17.3. The van der Waals surface area contributed by atoms with Gasteiger partial charge in [0.15, 0.2) is 17.7 Å². The Labute approximate surface area is 341 Å². The standard InChI is InChI=1S/C43H65FN4O10/c1-11-19-45-30-22-26(4)55-38(34(30)50)57-37-28(6)36(51)42(8,44)39(52)56-32(12-2)43(9)35(27(5)33(49)25(3)23-41(37,7)54-10)48(40(53)58-43)21-16-15-20-47-24-46-29-17-13-14-18-31(29)47/h13-14,17-18,24-28,30,32,34-35,37-38,45,50H,11-12,15-16,19-23H2,1-10H3/t25-,26-,27+,28+,30+,32-,34+,35?,37-,38+,41-,42+,43-/m1/s1. The van der Waals surface area contributed by atoms with Crippen LogP contribution in [0.15, 0.2) is 30.6 Å². The van der Waals surface area contributed by atoms with E-state index in [0.717, 1.165) is 24.4 Å². The third-order valence-corrected chi connectivity index (χ3v) is 12.8. The molecule has 3 aliphatic rings. The lowest BCUT2D eigenvalue weighted by atomic mass is 9.73. The van der Waals surface area contributed by atoms with Gasteiger partial charge in [-0.1, -0.05) is 46.8 Å². The molecule has 5 rings (SSSR count). The number of amides is 1. The number of aryl methyl sites for hydroxylation is 1. The van der Waals surface area contributed by atoms with Gasteiger partial charge in [0.2, 0.25) is 0 Å². The lowest BCUT2D eigenvalue weighted by Crippen LogP contribution is -2.62. The van der Waals surface area contributed by atoms with E-state index in [-0.39, 0.29) is 37.3 Å². The number of carbonyl (C=O) groups excluding carboxylic acids is 4. The number of alkyl halides is 1. The zero-order valence-electron chi connectivity index (χ0n) is 35.9. The molecule has 3 saturated heterocycles. The van der Waals surface area contributed by atoms with Crippen molar-refractivity contribution in [3.05, 3.63) is 30.6 Å². The number of imidazole rings is 1. The summed E-state index contributed by atoms with van der Waals surface area (Å²) in [6, 6.07) is 6.52. The van der Waals surface area contributed by atoms with Gasteiger partial charge in [-0.25, -0.2) is 19.0 Å². The van der Waals surface area contributed by atoms with Crippen molar-refractivity contribution in [1.82, 2.24) is 19.8 Å². The molecule has 4 heterocycles. The fraction of sp³-hybridized carbons (Fsp3) is 0.744. The molecule has 0 saturated carbocycles. The molecule has 15 heteroatoms. The number of aliphatic hydroxyl groups excluding tert-OH is 1. The Morgan fingerprint density at radius 2 is 1.71 bits per heavy atom. The number of nitrogens with one attached hydrogen (secondary N) is 1. The molecule has 1 aromatic heterocycles. The van der Waals surface area contributed by atoms with Crippen LogP contribution in [0.1, 0.15) is 101 Å². The lowest BCUT2D eigenvalue weighted by Gasteiger charge is -2.46. The normalized spacial score (nSPS) is 38.0. The highest BCUT2D eigenvalue weighted by Crippen LogP contribution is 2.43. The molecular weight excluding hydrogens is 751 g/mol. The van der Waals surface area contributed by atoms with E-state index < -0.39 is 83.1 Å². The number of hydrogen-bond donors (Lipinski definition) is 2. The van der Waals surface area contributed by atoms with Gasteiger partial charge in [0, 0.05) is 44.0 Å². The minimum absolute atomic E-state index is 0.00654. The molecule has 58 heavy (non-hydrogen) atoms. The van der Waals surface area contributed by atoms with Crippen LogP contribution < -0.4 is 5.32 Å². The van der Waals surface area contributed by atoms with E-state index in [1.54, 1.807) is 40.9 Å². The summed E-state index contributed by atoms with van der Waals surface area (Å²) < 4.78 is 49.6. The van der Waals surface area contributed by atoms with Gasteiger partial charge in [-0.2, -0.15) is 0 Å². The quantitative estimate of drug-likeness (QED) is 0.156. The van der Waals surface area contributed by atoms with E-state index in [4.69, 9.17) is 23.7 Å². The van der Waals surface area contributed by atoms with Gasteiger partial charge in [0.1, 0.15) is 18.0 Å². The maximum Gasteiger partial charge on any atom is 0.410 e. The third kappa shape index (κ3) is 8.98. The van der Waals surface area contributed by atoms with Crippen LogP contribution in [-0.2, 0) is 44.6 Å². The first kappa shape index (κ1) is 45.6. The molecule has 0 aliphatic carbocycles. The first-order valence-corrected chi connectivity index (χ1v) is 21.0.